The summed E-state index contributed by atoms with van der Waals surface area (Å²) < 4.78 is 0. The lowest BCUT2D eigenvalue weighted by Gasteiger charge is -1.93. The van der Waals surface area contributed by atoms with Crippen LogP contribution < -0.4 is 0 Å². The van der Waals surface area contributed by atoms with Crippen LogP contribution in [0.2, 0.25) is 0 Å². The van der Waals surface area contributed by atoms with E-state index in [1.807, 2.05) is 21.6 Å². The highest BCUT2D eigenvalue weighted by Gasteiger charge is 2.17. The van der Waals surface area contributed by atoms with E-state index in [2.05, 4.69) is 13.8 Å². The Morgan fingerprint density at radius 1 is 1.14 bits per heavy atom. The number of hydrogen-bond acceptors (Lipinski definition) is 2. The topological polar surface area (TPSA) is 0 Å². The molecule has 0 aliphatic carbocycles. The van der Waals surface area contributed by atoms with Crippen LogP contribution in [0.25, 0.3) is 0 Å². The van der Waals surface area contributed by atoms with Crippen molar-refractivity contribution in [3.63, 3.8) is 0 Å². The minimum Gasteiger partial charge on any atom is -0.0907 e. The lowest BCUT2D eigenvalue weighted by atomic mass is 10.3. The van der Waals surface area contributed by atoms with Crippen LogP contribution in [0.1, 0.15) is 20.3 Å². The normalized spacial score (nSPS) is 42.0. The molecule has 1 fully saturated rings. The molecule has 0 aromatic heterocycles. The zero-order valence-corrected chi connectivity index (χ0v) is 6.31. The lowest BCUT2D eigenvalue weighted by Crippen LogP contribution is -1.93. The van der Waals surface area contributed by atoms with Gasteiger partial charge >= 0.3 is 0 Å². The van der Waals surface area contributed by atoms with E-state index in [0.29, 0.717) is 0 Å². The number of hydrogen-bond donors (Lipinski definition) is 0. The fraction of sp³-hybridized carbons (Fsp3) is 1.00. The van der Waals surface area contributed by atoms with Crippen molar-refractivity contribution in [2.24, 2.45) is 0 Å². The van der Waals surface area contributed by atoms with Gasteiger partial charge in [0, 0.05) is 10.5 Å². The minimum atomic E-state index is 0.903. The average Bonchev–Trinajstić information content (AvgIpc) is 1.87. The van der Waals surface area contributed by atoms with Crippen LogP contribution in [0.3, 0.4) is 0 Å². The van der Waals surface area contributed by atoms with E-state index in [1.54, 1.807) is 0 Å². The van der Waals surface area contributed by atoms with Gasteiger partial charge in [0.2, 0.25) is 0 Å². The standard InChI is InChI=1S/C5H10S2/c1-4-3-5(2)7-6-4/h4-5H,3H2,1-2H3/t4-,5-/m0/s1. The molecule has 1 aliphatic rings. The zero-order chi connectivity index (χ0) is 5.28. The molecule has 1 rings (SSSR count). The summed E-state index contributed by atoms with van der Waals surface area (Å²) in [6.07, 6.45) is 1.40. The molecule has 2 heteroatoms. The Balaban J connectivity index is 2.26. The van der Waals surface area contributed by atoms with Crippen molar-refractivity contribution in [2.75, 3.05) is 0 Å². The molecule has 1 saturated heterocycles. The van der Waals surface area contributed by atoms with Crippen LogP contribution in [0.5, 0.6) is 0 Å². The van der Waals surface area contributed by atoms with Crippen LogP contribution in [0.15, 0.2) is 0 Å². The van der Waals surface area contributed by atoms with Crippen molar-refractivity contribution in [2.45, 2.75) is 30.8 Å². The van der Waals surface area contributed by atoms with Gasteiger partial charge in [0.1, 0.15) is 0 Å². The number of rotatable bonds is 0. The van der Waals surface area contributed by atoms with Crippen molar-refractivity contribution in [1.29, 1.82) is 0 Å². The molecule has 0 nitrogen and oxygen atoms in total. The van der Waals surface area contributed by atoms with Gasteiger partial charge in [-0.3, -0.25) is 0 Å². The quantitative estimate of drug-likeness (QED) is 0.467. The molecule has 0 unspecified atom stereocenters. The molecule has 0 bridgehead atoms. The Morgan fingerprint density at radius 3 is 1.71 bits per heavy atom. The molecular formula is C5H10S2. The lowest BCUT2D eigenvalue weighted by molar-refractivity contribution is 0.821. The minimum absolute atomic E-state index is 0.903. The fourth-order valence-corrected chi connectivity index (χ4v) is 3.58. The highest BCUT2D eigenvalue weighted by atomic mass is 33.1. The van der Waals surface area contributed by atoms with Gasteiger partial charge in [-0.1, -0.05) is 35.4 Å². The maximum atomic E-state index is 2.29. The summed E-state index contributed by atoms with van der Waals surface area (Å²) >= 11 is 0. The maximum Gasteiger partial charge on any atom is 0.0134 e. The highest BCUT2D eigenvalue weighted by molar-refractivity contribution is 8.77. The van der Waals surface area contributed by atoms with Crippen LogP contribution in [0, 0.1) is 0 Å². The van der Waals surface area contributed by atoms with Crippen LogP contribution in [-0.4, -0.2) is 10.5 Å². The van der Waals surface area contributed by atoms with E-state index in [4.69, 9.17) is 0 Å². The molecule has 0 aromatic carbocycles. The molecule has 2 atom stereocenters. The Bertz CT molecular complexity index is 55.1. The second-order valence-corrected chi connectivity index (χ2v) is 5.20. The predicted octanol–water partition coefficient (Wildman–Crippen LogP) is 2.55. The van der Waals surface area contributed by atoms with Gasteiger partial charge in [-0.2, -0.15) is 0 Å². The van der Waals surface area contributed by atoms with Crippen molar-refractivity contribution in [3.8, 4) is 0 Å². The smallest absolute Gasteiger partial charge is 0.0134 e. The summed E-state index contributed by atoms with van der Waals surface area (Å²) in [6, 6.07) is 0. The van der Waals surface area contributed by atoms with E-state index >= 15 is 0 Å². The van der Waals surface area contributed by atoms with E-state index in [-0.39, 0.29) is 0 Å². The SMILES string of the molecule is C[C@H]1C[C@H](C)SS1. The Labute approximate surface area is 52.8 Å². The molecule has 42 valence electrons. The van der Waals surface area contributed by atoms with Crippen LogP contribution in [0.4, 0.5) is 0 Å². The van der Waals surface area contributed by atoms with Crippen molar-refractivity contribution in [1.82, 2.24) is 0 Å². The van der Waals surface area contributed by atoms with E-state index in [1.165, 1.54) is 6.42 Å². The van der Waals surface area contributed by atoms with Gasteiger partial charge in [0.15, 0.2) is 0 Å². The molecule has 0 spiro atoms. The first-order chi connectivity index (χ1) is 3.29. The third kappa shape index (κ3) is 1.57. The second kappa shape index (κ2) is 2.31. The fourth-order valence-electron chi connectivity index (χ4n) is 0.736. The Hall–Kier alpha value is 0.700. The molecule has 0 amide bonds. The molecular weight excluding hydrogens is 124 g/mol. The Kier molecular flexibility index (Phi) is 1.93. The highest BCUT2D eigenvalue weighted by Crippen LogP contribution is 2.42. The van der Waals surface area contributed by atoms with Gasteiger partial charge in [0.05, 0.1) is 0 Å². The summed E-state index contributed by atoms with van der Waals surface area (Å²) in [6.45, 7) is 4.59. The van der Waals surface area contributed by atoms with E-state index in [0.717, 1.165) is 10.5 Å². The first-order valence-electron chi connectivity index (χ1n) is 2.61. The van der Waals surface area contributed by atoms with Gasteiger partial charge in [-0.05, 0) is 6.42 Å². The van der Waals surface area contributed by atoms with E-state index in [9.17, 15) is 0 Å². The largest absolute Gasteiger partial charge is 0.0907 e. The average molecular weight is 134 g/mol. The second-order valence-electron chi connectivity index (χ2n) is 2.05. The molecule has 1 heterocycles. The third-order valence-corrected chi connectivity index (χ3v) is 4.51. The molecule has 0 radical (unpaired) electrons. The predicted molar refractivity (Wildman–Crippen MR) is 38.7 cm³/mol. The third-order valence-electron chi connectivity index (χ3n) is 1.05. The first kappa shape index (κ1) is 5.83. The molecule has 7 heavy (non-hydrogen) atoms. The molecule has 1 aliphatic heterocycles. The summed E-state index contributed by atoms with van der Waals surface area (Å²) in [7, 11) is 4.04. The summed E-state index contributed by atoms with van der Waals surface area (Å²) in [5.74, 6) is 0. The van der Waals surface area contributed by atoms with E-state index < -0.39 is 0 Å². The van der Waals surface area contributed by atoms with Gasteiger partial charge in [-0.25, -0.2) is 0 Å². The van der Waals surface area contributed by atoms with Crippen molar-refractivity contribution < 1.29 is 0 Å². The van der Waals surface area contributed by atoms with Crippen LogP contribution in [-0.2, 0) is 0 Å². The molecule has 0 saturated carbocycles. The van der Waals surface area contributed by atoms with Crippen molar-refractivity contribution in [3.05, 3.63) is 0 Å². The molecule has 0 N–H and O–H groups in total. The van der Waals surface area contributed by atoms with Gasteiger partial charge < -0.3 is 0 Å². The molecule has 0 aromatic rings. The van der Waals surface area contributed by atoms with Crippen molar-refractivity contribution >= 4 is 21.6 Å². The summed E-state index contributed by atoms with van der Waals surface area (Å²) in [5.41, 5.74) is 0. The van der Waals surface area contributed by atoms with Crippen LogP contribution >= 0.6 is 21.6 Å². The summed E-state index contributed by atoms with van der Waals surface area (Å²) in [4.78, 5) is 0. The van der Waals surface area contributed by atoms with Gasteiger partial charge in [0.25, 0.3) is 0 Å². The van der Waals surface area contributed by atoms with Gasteiger partial charge in [-0.15, -0.1) is 0 Å². The summed E-state index contributed by atoms with van der Waals surface area (Å²) in [5, 5.41) is 1.81. The Morgan fingerprint density at radius 2 is 1.57 bits per heavy atom. The monoisotopic (exact) mass is 134 g/mol. The first-order valence-corrected chi connectivity index (χ1v) is 4.89. The maximum absolute atomic E-state index is 2.29. The zero-order valence-electron chi connectivity index (χ0n) is 4.68.